The zero-order valence-corrected chi connectivity index (χ0v) is 13.4. The monoisotopic (exact) mass is 316 g/mol. The molecule has 1 fully saturated rings. The molecule has 0 amide bonds. The van der Waals surface area contributed by atoms with Crippen LogP contribution in [0.5, 0.6) is 0 Å². The van der Waals surface area contributed by atoms with Crippen LogP contribution in [-0.4, -0.2) is 34.4 Å². The number of carbonyl (C=O) groups is 1. The fourth-order valence-corrected chi connectivity index (χ4v) is 3.34. The van der Waals surface area contributed by atoms with Crippen LogP contribution in [0.4, 0.5) is 0 Å². The Balaban J connectivity index is 2.10. The Labute approximate surface area is 135 Å². The van der Waals surface area contributed by atoms with Crippen LogP contribution in [0.3, 0.4) is 0 Å². The lowest BCUT2D eigenvalue weighted by atomic mass is 9.93. The number of hydrogen-bond acceptors (Lipinski definition) is 4. The van der Waals surface area contributed by atoms with E-state index < -0.39 is 12.0 Å². The average molecular weight is 316 g/mol. The van der Waals surface area contributed by atoms with Gasteiger partial charge in [-0.3, -0.25) is 4.79 Å². The molecule has 0 bridgehead atoms. The van der Waals surface area contributed by atoms with Gasteiger partial charge in [-0.25, -0.2) is 4.99 Å². The van der Waals surface area contributed by atoms with E-state index in [9.17, 15) is 15.0 Å². The first-order chi connectivity index (χ1) is 11.0. The molecule has 0 aromatic heterocycles. The van der Waals surface area contributed by atoms with Gasteiger partial charge in [0.2, 0.25) is 0 Å². The molecular weight excluding hydrogens is 294 g/mol. The van der Waals surface area contributed by atoms with Gasteiger partial charge in [-0.15, -0.1) is 0 Å². The number of allylic oxidation sites excluding steroid dienone is 3. The third kappa shape index (κ3) is 2.83. The number of hydrogen-bond donors (Lipinski definition) is 3. The van der Waals surface area contributed by atoms with Crippen molar-refractivity contribution in [2.24, 2.45) is 5.92 Å². The normalized spacial score (nSPS) is 31.3. The summed E-state index contributed by atoms with van der Waals surface area (Å²) in [7, 11) is 0. The minimum atomic E-state index is -0.462. The second-order valence-corrected chi connectivity index (χ2v) is 6.25. The highest BCUT2D eigenvalue weighted by molar-refractivity contribution is 5.93. The van der Waals surface area contributed by atoms with Crippen molar-refractivity contribution in [3.8, 4) is 0 Å². The maximum absolute atomic E-state index is 12.3. The van der Waals surface area contributed by atoms with E-state index in [0.717, 1.165) is 23.1 Å². The summed E-state index contributed by atoms with van der Waals surface area (Å²) in [6, 6.07) is 0.0138. The van der Waals surface area contributed by atoms with Crippen LogP contribution in [0.2, 0.25) is 0 Å². The number of aliphatic hydroxyl groups is 2. The molecule has 5 heteroatoms. The molecule has 0 spiro atoms. The van der Waals surface area contributed by atoms with Crippen LogP contribution in [0, 0.1) is 5.92 Å². The minimum absolute atomic E-state index is 0.0138. The van der Waals surface area contributed by atoms with Crippen LogP contribution < -0.4 is 4.99 Å². The van der Waals surface area contributed by atoms with Crippen LogP contribution in [0.1, 0.15) is 33.1 Å². The number of nitrogens with one attached hydrogen (secondary N) is 1. The summed E-state index contributed by atoms with van der Waals surface area (Å²) in [5.41, 5.74) is 2.74. The molecule has 3 atom stereocenters. The van der Waals surface area contributed by atoms with Crippen molar-refractivity contribution in [2.45, 2.75) is 45.3 Å². The van der Waals surface area contributed by atoms with Gasteiger partial charge in [0, 0.05) is 30.4 Å². The molecule has 0 radical (unpaired) electrons. The van der Waals surface area contributed by atoms with Gasteiger partial charge >= 0.3 is 5.95 Å². The van der Waals surface area contributed by atoms with Gasteiger partial charge in [0.25, 0.3) is 0 Å². The largest absolute Gasteiger partial charge is 0.502 e. The van der Waals surface area contributed by atoms with Crippen LogP contribution in [0.25, 0.3) is 0 Å². The molecule has 1 aliphatic heterocycles. The number of rotatable bonds is 1. The molecule has 2 aliphatic carbocycles. The predicted octanol–water partition coefficient (Wildman–Crippen LogP) is 1.39. The zero-order valence-electron chi connectivity index (χ0n) is 13.4. The Morgan fingerprint density at radius 3 is 2.83 bits per heavy atom. The van der Waals surface area contributed by atoms with E-state index in [0.29, 0.717) is 12.8 Å². The molecule has 122 valence electrons. The first-order valence-electron chi connectivity index (χ1n) is 8.00. The summed E-state index contributed by atoms with van der Waals surface area (Å²) in [5, 5.41) is 19.5. The van der Waals surface area contributed by atoms with Gasteiger partial charge in [-0.2, -0.15) is 0 Å². The summed E-state index contributed by atoms with van der Waals surface area (Å²) in [5.74, 6) is -0.660. The molecule has 0 aromatic rings. The molecule has 3 rings (SSSR count). The quantitative estimate of drug-likeness (QED) is 0.639. The van der Waals surface area contributed by atoms with Crippen molar-refractivity contribution in [3.63, 3.8) is 0 Å². The lowest BCUT2D eigenvalue weighted by Crippen LogP contribution is -2.76. The van der Waals surface area contributed by atoms with Crippen molar-refractivity contribution >= 4 is 12.0 Å². The number of aliphatic hydroxyl groups excluding tert-OH is 2. The summed E-state index contributed by atoms with van der Waals surface area (Å²) < 4.78 is 5.56. The highest BCUT2D eigenvalue weighted by Crippen LogP contribution is 2.38. The molecule has 1 saturated carbocycles. The number of fused-ring (bicyclic) bond motifs is 3. The van der Waals surface area contributed by atoms with Gasteiger partial charge in [-0.1, -0.05) is 13.0 Å². The maximum Gasteiger partial charge on any atom is 0.321 e. The van der Waals surface area contributed by atoms with Gasteiger partial charge in [0.15, 0.2) is 17.6 Å². The zero-order chi connectivity index (χ0) is 16.6. The standard InChI is InChI=1S/C18H21NO4/c1-3-19-14-7-5-11-8-16(21)18(22)23-17(11)12-6-4-10(2)15(20)9-13(12)14/h3,6,8-10,14,17,21-22H,4-5,7H2,1-2H3/p+1. The molecule has 0 aromatic carbocycles. The molecule has 0 saturated heterocycles. The molecule has 3 N–H and O–H groups in total. The Morgan fingerprint density at radius 1 is 1.30 bits per heavy atom. The van der Waals surface area contributed by atoms with Gasteiger partial charge < -0.3 is 14.9 Å². The SMILES string of the molecule is CC=[NH+]C1CCC2=CC(O)=C(O)OC2C2=CCC(C)C(=O)C=C21. The number of ketones is 1. The highest BCUT2D eigenvalue weighted by Gasteiger charge is 2.38. The number of carbonyl (C=O) groups excluding carboxylic acids is 1. The predicted molar refractivity (Wildman–Crippen MR) is 85.9 cm³/mol. The third-order valence-electron chi connectivity index (χ3n) is 4.66. The van der Waals surface area contributed by atoms with E-state index in [2.05, 4.69) is 4.99 Å². The van der Waals surface area contributed by atoms with Crippen LogP contribution in [0.15, 0.2) is 46.7 Å². The van der Waals surface area contributed by atoms with Crippen molar-refractivity contribution in [2.75, 3.05) is 0 Å². The Morgan fingerprint density at radius 2 is 2.09 bits per heavy atom. The van der Waals surface area contributed by atoms with Gasteiger partial charge in [0.1, 0.15) is 12.3 Å². The minimum Gasteiger partial charge on any atom is -0.502 e. The van der Waals surface area contributed by atoms with E-state index in [1.54, 1.807) is 12.2 Å². The maximum atomic E-state index is 12.3. The van der Waals surface area contributed by atoms with Crippen LogP contribution in [-0.2, 0) is 9.53 Å². The molecule has 5 nitrogen and oxygen atoms in total. The first-order valence-corrected chi connectivity index (χ1v) is 8.00. The Kier molecular flexibility index (Phi) is 4.11. The smallest absolute Gasteiger partial charge is 0.321 e. The van der Waals surface area contributed by atoms with Gasteiger partial charge in [-0.05, 0) is 30.6 Å². The third-order valence-corrected chi connectivity index (χ3v) is 4.66. The van der Waals surface area contributed by atoms with E-state index in [1.807, 2.05) is 26.1 Å². The summed E-state index contributed by atoms with van der Waals surface area (Å²) in [6.45, 7) is 3.83. The van der Waals surface area contributed by atoms with Crippen molar-refractivity contribution in [1.82, 2.24) is 0 Å². The molecule has 3 unspecified atom stereocenters. The lowest BCUT2D eigenvalue weighted by Gasteiger charge is -2.25. The second kappa shape index (κ2) is 6.07. The Hall–Kier alpha value is -2.30. The van der Waals surface area contributed by atoms with E-state index in [1.165, 1.54) is 0 Å². The number of ether oxygens (including phenoxy) is 1. The Bertz CT molecular complexity index is 681. The van der Waals surface area contributed by atoms with E-state index in [-0.39, 0.29) is 23.5 Å². The summed E-state index contributed by atoms with van der Waals surface area (Å²) in [4.78, 5) is 15.6. The fraction of sp³-hybridized carbons (Fsp3) is 0.444. The molecule has 1 heterocycles. The van der Waals surface area contributed by atoms with Crippen LogP contribution >= 0.6 is 0 Å². The lowest BCUT2D eigenvalue weighted by molar-refractivity contribution is -0.487. The fourth-order valence-electron chi connectivity index (χ4n) is 3.34. The van der Waals surface area contributed by atoms with E-state index in [4.69, 9.17) is 4.74 Å². The summed E-state index contributed by atoms with van der Waals surface area (Å²) in [6.07, 6.45) is 8.90. The van der Waals surface area contributed by atoms with Crippen molar-refractivity contribution in [3.05, 3.63) is 46.7 Å². The molecule has 23 heavy (non-hydrogen) atoms. The highest BCUT2D eigenvalue weighted by atomic mass is 16.6. The molecule has 3 aliphatic rings. The van der Waals surface area contributed by atoms with Crippen molar-refractivity contribution < 1.29 is 24.7 Å². The van der Waals surface area contributed by atoms with E-state index >= 15 is 0 Å². The summed E-state index contributed by atoms with van der Waals surface area (Å²) >= 11 is 0. The molecular formula is C18H22NO4+. The van der Waals surface area contributed by atoms with Crippen molar-refractivity contribution in [1.29, 1.82) is 0 Å². The topological polar surface area (TPSA) is 80.7 Å². The first kappa shape index (κ1) is 15.6. The van der Waals surface area contributed by atoms with Gasteiger partial charge in [0.05, 0.1) is 0 Å². The second-order valence-electron chi connectivity index (χ2n) is 6.25. The average Bonchev–Trinajstić information content (AvgIpc) is 2.74.